The van der Waals surface area contributed by atoms with E-state index in [0.717, 1.165) is 11.4 Å². The number of carbonyl (C=O) groups is 1. The molecule has 0 spiro atoms. The van der Waals surface area contributed by atoms with Gasteiger partial charge in [0, 0.05) is 30.5 Å². The number of aryl methyl sites for hydroxylation is 1. The van der Waals surface area contributed by atoms with Crippen LogP contribution in [0.5, 0.6) is 0 Å². The molecule has 0 amide bonds. The zero-order valence-corrected chi connectivity index (χ0v) is 18.8. The Labute approximate surface area is 175 Å². The van der Waals surface area contributed by atoms with Gasteiger partial charge in [0.2, 0.25) is 5.89 Å². The van der Waals surface area contributed by atoms with Gasteiger partial charge in [-0.1, -0.05) is 11.8 Å². The van der Waals surface area contributed by atoms with E-state index in [9.17, 15) is 13.2 Å². The van der Waals surface area contributed by atoms with Crippen LogP contribution < -0.4 is 0 Å². The molecule has 1 aliphatic rings. The summed E-state index contributed by atoms with van der Waals surface area (Å²) in [5.41, 5.74) is 2.63. The first-order chi connectivity index (χ1) is 13.7. The third-order valence-corrected chi connectivity index (χ3v) is 7.85. The Balaban J connectivity index is 1.59. The summed E-state index contributed by atoms with van der Waals surface area (Å²) in [6.45, 7) is 6.56. The monoisotopic (exact) mass is 441 g/mol. The van der Waals surface area contributed by atoms with Crippen LogP contribution in [0.1, 0.15) is 47.0 Å². The number of hydrogen-bond acceptors (Lipinski definition) is 8. The Kier molecular flexibility index (Phi) is 6.85. The molecule has 3 rings (SSSR count). The minimum absolute atomic E-state index is 0.000558. The first-order valence-electron chi connectivity index (χ1n) is 9.56. The quantitative estimate of drug-likeness (QED) is 0.432. The van der Waals surface area contributed by atoms with Crippen LogP contribution in [0.15, 0.2) is 15.7 Å². The van der Waals surface area contributed by atoms with E-state index in [-0.39, 0.29) is 35.0 Å². The number of rotatable bonds is 9. The summed E-state index contributed by atoms with van der Waals surface area (Å²) in [6, 6.07) is 2.05. The van der Waals surface area contributed by atoms with Crippen molar-refractivity contribution in [1.29, 1.82) is 0 Å². The number of aromatic nitrogens is 3. The molecule has 0 aromatic carbocycles. The number of ether oxygens (including phenoxy) is 1. The molecule has 0 bridgehead atoms. The van der Waals surface area contributed by atoms with Crippen molar-refractivity contribution in [3.63, 3.8) is 0 Å². The van der Waals surface area contributed by atoms with E-state index in [1.54, 1.807) is 7.11 Å². The fourth-order valence-corrected chi connectivity index (χ4v) is 6.44. The van der Waals surface area contributed by atoms with E-state index in [0.29, 0.717) is 36.1 Å². The number of ketones is 1. The van der Waals surface area contributed by atoms with Gasteiger partial charge in [0.25, 0.3) is 5.22 Å². The summed E-state index contributed by atoms with van der Waals surface area (Å²) < 4.78 is 36.1. The largest absolute Gasteiger partial charge is 0.416 e. The zero-order valence-electron chi connectivity index (χ0n) is 17.2. The van der Waals surface area contributed by atoms with E-state index >= 15 is 0 Å². The van der Waals surface area contributed by atoms with Gasteiger partial charge in [-0.25, -0.2) is 8.42 Å². The maximum absolute atomic E-state index is 12.7. The Bertz CT molecular complexity index is 980. The fraction of sp³-hybridized carbons (Fsp3) is 0.632. The number of Topliss-reactive ketones (excluding diaryl/α,β-unsaturated/α-hetero) is 1. The molecule has 1 saturated heterocycles. The van der Waals surface area contributed by atoms with Crippen molar-refractivity contribution in [2.24, 2.45) is 5.92 Å². The molecular formula is C19H27N3O5S2. The molecule has 0 N–H and O–H groups in total. The fourth-order valence-electron chi connectivity index (χ4n) is 3.92. The SMILES string of the molecule is COC[C@H](C)n1c(C)cc(C(=O)CSc2nnc(C[C@H]3CCS(=O)(=O)C3)o2)c1C. The summed E-state index contributed by atoms with van der Waals surface area (Å²) in [4.78, 5) is 12.7. The minimum Gasteiger partial charge on any atom is -0.416 e. The van der Waals surface area contributed by atoms with E-state index in [4.69, 9.17) is 9.15 Å². The second-order valence-electron chi connectivity index (χ2n) is 7.61. The van der Waals surface area contributed by atoms with Crippen molar-refractivity contribution < 1.29 is 22.4 Å². The van der Waals surface area contributed by atoms with Gasteiger partial charge in [-0.3, -0.25) is 4.79 Å². The van der Waals surface area contributed by atoms with Crippen LogP contribution in [0.2, 0.25) is 0 Å². The number of methoxy groups -OCH3 is 1. The highest BCUT2D eigenvalue weighted by molar-refractivity contribution is 7.99. The van der Waals surface area contributed by atoms with Gasteiger partial charge in [-0.15, -0.1) is 10.2 Å². The average Bonchev–Trinajstić information content (AvgIpc) is 3.31. The zero-order chi connectivity index (χ0) is 21.2. The summed E-state index contributed by atoms with van der Waals surface area (Å²) in [7, 11) is -1.26. The first kappa shape index (κ1) is 22.0. The molecule has 0 aliphatic carbocycles. The first-order valence-corrected chi connectivity index (χ1v) is 12.4. The van der Waals surface area contributed by atoms with Crippen LogP contribution in [-0.2, 0) is 21.0 Å². The van der Waals surface area contributed by atoms with E-state index < -0.39 is 9.84 Å². The second-order valence-corrected chi connectivity index (χ2v) is 10.8. The lowest BCUT2D eigenvalue weighted by Gasteiger charge is -2.17. The van der Waals surface area contributed by atoms with Gasteiger partial charge in [0.1, 0.15) is 0 Å². The normalized spacial score (nSPS) is 19.5. The van der Waals surface area contributed by atoms with Crippen LogP contribution in [0.3, 0.4) is 0 Å². The molecule has 3 heterocycles. The van der Waals surface area contributed by atoms with Gasteiger partial charge in [0.05, 0.1) is 29.9 Å². The summed E-state index contributed by atoms with van der Waals surface area (Å²) in [6.07, 6.45) is 1.09. The molecular weight excluding hydrogens is 414 g/mol. The number of sulfone groups is 1. The molecule has 0 saturated carbocycles. The molecule has 1 fully saturated rings. The lowest BCUT2D eigenvalue weighted by molar-refractivity contribution is 0.102. The standard InChI is InChI=1S/C19H27N3O5S2/c1-12-7-16(14(3)22(12)13(2)9-26-4)17(23)10-28-19-21-20-18(27-19)8-15-5-6-29(24,25)11-15/h7,13,15H,5-6,8-11H2,1-4H3/t13-,15+/m0/s1. The molecule has 0 radical (unpaired) electrons. The van der Waals surface area contributed by atoms with Crippen LogP contribution in [0.4, 0.5) is 0 Å². The van der Waals surface area contributed by atoms with Gasteiger partial charge in [-0.05, 0) is 39.2 Å². The molecule has 8 nitrogen and oxygen atoms in total. The maximum atomic E-state index is 12.7. The topological polar surface area (TPSA) is 104 Å². The molecule has 10 heteroatoms. The van der Waals surface area contributed by atoms with Crippen molar-refractivity contribution >= 4 is 27.4 Å². The van der Waals surface area contributed by atoms with Gasteiger partial charge in [0.15, 0.2) is 15.6 Å². The van der Waals surface area contributed by atoms with Crippen molar-refractivity contribution in [2.45, 2.75) is 44.9 Å². The number of carbonyl (C=O) groups excluding carboxylic acids is 1. The Morgan fingerprint density at radius 1 is 1.41 bits per heavy atom. The molecule has 29 heavy (non-hydrogen) atoms. The average molecular weight is 442 g/mol. The second kappa shape index (κ2) is 9.01. The van der Waals surface area contributed by atoms with E-state index in [1.807, 2.05) is 19.9 Å². The molecule has 0 unspecified atom stereocenters. The van der Waals surface area contributed by atoms with Crippen LogP contribution in [0, 0.1) is 19.8 Å². The summed E-state index contributed by atoms with van der Waals surface area (Å²) in [5, 5.41) is 8.31. The number of nitrogens with zero attached hydrogens (tertiary/aromatic N) is 3. The highest BCUT2D eigenvalue weighted by Gasteiger charge is 2.29. The van der Waals surface area contributed by atoms with Crippen molar-refractivity contribution in [3.05, 3.63) is 28.9 Å². The van der Waals surface area contributed by atoms with Crippen LogP contribution in [0.25, 0.3) is 0 Å². The maximum Gasteiger partial charge on any atom is 0.277 e. The van der Waals surface area contributed by atoms with Crippen LogP contribution >= 0.6 is 11.8 Å². The number of hydrogen-bond donors (Lipinski definition) is 0. The third kappa shape index (κ3) is 5.29. The Hall–Kier alpha value is -1.65. The number of thioether (sulfide) groups is 1. The molecule has 2 aromatic heterocycles. The van der Waals surface area contributed by atoms with Crippen molar-refractivity contribution in [3.8, 4) is 0 Å². The molecule has 2 aromatic rings. The molecule has 2 atom stereocenters. The van der Waals surface area contributed by atoms with E-state index in [1.165, 1.54) is 11.8 Å². The van der Waals surface area contributed by atoms with Crippen molar-refractivity contribution in [1.82, 2.24) is 14.8 Å². The highest BCUT2D eigenvalue weighted by atomic mass is 32.2. The van der Waals surface area contributed by atoms with Gasteiger partial charge >= 0.3 is 0 Å². The highest BCUT2D eigenvalue weighted by Crippen LogP contribution is 2.26. The Morgan fingerprint density at radius 2 is 2.17 bits per heavy atom. The van der Waals surface area contributed by atoms with Crippen LogP contribution in [-0.4, -0.2) is 59.9 Å². The molecule has 160 valence electrons. The van der Waals surface area contributed by atoms with Gasteiger partial charge in [-0.2, -0.15) is 0 Å². The lowest BCUT2D eigenvalue weighted by atomic mass is 10.1. The predicted molar refractivity (Wildman–Crippen MR) is 110 cm³/mol. The predicted octanol–water partition coefficient (Wildman–Crippen LogP) is 2.65. The van der Waals surface area contributed by atoms with Crippen molar-refractivity contribution in [2.75, 3.05) is 31.0 Å². The van der Waals surface area contributed by atoms with E-state index in [2.05, 4.69) is 21.7 Å². The minimum atomic E-state index is -2.93. The summed E-state index contributed by atoms with van der Waals surface area (Å²) in [5.74, 6) is 1.05. The molecule has 1 aliphatic heterocycles. The summed E-state index contributed by atoms with van der Waals surface area (Å²) >= 11 is 1.20. The smallest absolute Gasteiger partial charge is 0.277 e. The Morgan fingerprint density at radius 3 is 2.83 bits per heavy atom. The van der Waals surface area contributed by atoms with Gasteiger partial charge < -0.3 is 13.7 Å². The third-order valence-electron chi connectivity index (χ3n) is 5.20. The lowest BCUT2D eigenvalue weighted by Crippen LogP contribution is -2.14.